The average Bonchev–Trinajstić information content (AvgIpc) is 2.61. The zero-order valence-corrected chi connectivity index (χ0v) is 15.9. The molecule has 1 fully saturated rings. The van der Waals surface area contributed by atoms with Crippen LogP contribution in [0.2, 0.25) is 0 Å². The Balaban J connectivity index is 1.77. The molecule has 0 unspecified atom stereocenters. The number of ether oxygens (including phenoxy) is 1. The van der Waals surface area contributed by atoms with E-state index in [1.807, 2.05) is 0 Å². The van der Waals surface area contributed by atoms with E-state index >= 15 is 0 Å². The first-order valence-electron chi connectivity index (χ1n) is 10.1. The lowest BCUT2D eigenvalue weighted by molar-refractivity contribution is 0.115. The van der Waals surface area contributed by atoms with Crippen LogP contribution in [0.5, 0.6) is 5.75 Å². The van der Waals surface area contributed by atoms with Gasteiger partial charge in [0, 0.05) is 0 Å². The molecule has 134 valence electrons. The standard InChI is InChI=1S/C22H35NO/c1-4-5-8-13-23-16-18-14-17-10-11-19(24-3)15-21(17)22(2)12-7-6-9-20(18)22/h10-11,15,18,20,23H,4-9,12-14,16H2,1-3H3/t18-,20+,22+/m1/s1. The lowest BCUT2D eigenvalue weighted by Gasteiger charge is -2.50. The van der Waals surface area contributed by atoms with Gasteiger partial charge in [-0.15, -0.1) is 0 Å². The van der Waals surface area contributed by atoms with Gasteiger partial charge in [-0.1, -0.05) is 45.6 Å². The number of methoxy groups -OCH3 is 1. The summed E-state index contributed by atoms with van der Waals surface area (Å²) in [4.78, 5) is 0. The summed E-state index contributed by atoms with van der Waals surface area (Å²) in [6, 6.07) is 6.81. The highest BCUT2D eigenvalue weighted by molar-refractivity contribution is 5.43. The van der Waals surface area contributed by atoms with E-state index in [9.17, 15) is 0 Å². The minimum Gasteiger partial charge on any atom is -0.497 e. The van der Waals surface area contributed by atoms with E-state index < -0.39 is 0 Å². The molecule has 1 saturated carbocycles. The van der Waals surface area contributed by atoms with E-state index in [-0.39, 0.29) is 0 Å². The first-order valence-corrected chi connectivity index (χ1v) is 10.1. The Kier molecular flexibility index (Phi) is 5.86. The normalized spacial score (nSPS) is 29.0. The van der Waals surface area contributed by atoms with Crippen LogP contribution in [0.4, 0.5) is 0 Å². The van der Waals surface area contributed by atoms with Crippen molar-refractivity contribution in [3.63, 3.8) is 0 Å². The van der Waals surface area contributed by atoms with Crippen LogP contribution in [0.15, 0.2) is 18.2 Å². The summed E-state index contributed by atoms with van der Waals surface area (Å²) in [5, 5.41) is 3.77. The van der Waals surface area contributed by atoms with E-state index in [4.69, 9.17) is 4.74 Å². The first kappa shape index (κ1) is 17.8. The molecule has 24 heavy (non-hydrogen) atoms. The SMILES string of the molecule is CCCCCNC[C@H]1Cc2ccc(OC)cc2[C@@]2(C)CCCC[C@@H]12. The lowest BCUT2D eigenvalue weighted by Crippen LogP contribution is -2.47. The molecule has 1 N–H and O–H groups in total. The van der Waals surface area contributed by atoms with Crippen molar-refractivity contribution >= 4 is 0 Å². The molecule has 0 spiro atoms. The molecular weight excluding hydrogens is 294 g/mol. The molecule has 2 heteroatoms. The maximum Gasteiger partial charge on any atom is 0.119 e. The van der Waals surface area contributed by atoms with Crippen LogP contribution in [0.3, 0.4) is 0 Å². The molecule has 0 radical (unpaired) electrons. The Morgan fingerprint density at radius 3 is 2.92 bits per heavy atom. The Morgan fingerprint density at radius 1 is 1.25 bits per heavy atom. The van der Waals surface area contributed by atoms with Crippen LogP contribution < -0.4 is 10.1 Å². The monoisotopic (exact) mass is 329 g/mol. The maximum atomic E-state index is 5.52. The molecule has 2 aliphatic rings. The third-order valence-corrected chi connectivity index (χ3v) is 6.63. The number of nitrogens with one attached hydrogen (secondary N) is 1. The fraction of sp³-hybridized carbons (Fsp3) is 0.727. The van der Waals surface area contributed by atoms with Crippen molar-refractivity contribution in [2.24, 2.45) is 11.8 Å². The fourth-order valence-electron chi connectivity index (χ4n) is 5.27. The third kappa shape index (κ3) is 3.49. The largest absolute Gasteiger partial charge is 0.497 e. The predicted molar refractivity (Wildman–Crippen MR) is 102 cm³/mol. The Morgan fingerprint density at radius 2 is 2.12 bits per heavy atom. The number of unbranched alkanes of at least 4 members (excludes halogenated alkanes) is 2. The van der Waals surface area contributed by atoms with Gasteiger partial charge in [-0.3, -0.25) is 0 Å². The van der Waals surface area contributed by atoms with Crippen molar-refractivity contribution in [2.75, 3.05) is 20.2 Å². The van der Waals surface area contributed by atoms with Crippen LogP contribution >= 0.6 is 0 Å². The Bertz CT molecular complexity index is 541. The van der Waals surface area contributed by atoms with Crippen LogP contribution in [-0.2, 0) is 11.8 Å². The van der Waals surface area contributed by atoms with Crippen LogP contribution in [0.25, 0.3) is 0 Å². The van der Waals surface area contributed by atoms with Gasteiger partial charge in [-0.05, 0) is 79.3 Å². The summed E-state index contributed by atoms with van der Waals surface area (Å²) in [7, 11) is 1.79. The molecular formula is C22H35NO. The smallest absolute Gasteiger partial charge is 0.119 e. The van der Waals surface area contributed by atoms with Crippen molar-refractivity contribution < 1.29 is 4.74 Å². The van der Waals surface area contributed by atoms with Crippen molar-refractivity contribution in [1.82, 2.24) is 5.32 Å². The summed E-state index contributed by atoms with van der Waals surface area (Å²) < 4.78 is 5.52. The molecule has 2 aliphatic carbocycles. The second-order valence-corrected chi connectivity index (χ2v) is 8.17. The molecule has 2 nitrogen and oxygen atoms in total. The van der Waals surface area contributed by atoms with Gasteiger partial charge in [0.05, 0.1) is 7.11 Å². The summed E-state index contributed by atoms with van der Waals surface area (Å²) in [6.45, 7) is 7.18. The quantitative estimate of drug-likeness (QED) is 0.703. The molecule has 0 bridgehead atoms. The topological polar surface area (TPSA) is 21.3 Å². The zero-order valence-electron chi connectivity index (χ0n) is 15.9. The third-order valence-electron chi connectivity index (χ3n) is 6.63. The van der Waals surface area contributed by atoms with E-state index in [0.717, 1.165) is 17.6 Å². The molecule has 1 aromatic rings. The number of hydrogen-bond donors (Lipinski definition) is 1. The molecule has 0 amide bonds. The minimum atomic E-state index is 0.343. The van der Waals surface area contributed by atoms with Gasteiger partial charge in [0.2, 0.25) is 0 Å². The zero-order chi connectivity index (χ0) is 17.0. The molecule has 0 heterocycles. The van der Waals surface area contributed by atoms with Gasteiger partial charge in [0.25, 0.3) is 0 Å². The van der Waals surface area contributed by atoms with Gasteiger partial charge < -0.3 is 10.1 Å². The van der Waals surface area contributed by atoms with Gasteiger partial charge in [-0.25, -0.2) is 0 Å². The van der Waals surface area contributed by atoms with Gasteiger partial charge in [0.15, 0.2) is 0 Å². The second-order valence-electron chi connectivity index (χ2n) is 8.17. The van der Waals surface area contributed by atoms with Crippen LogP contribution in [0.1, 0.15) is 69.9 Å². The number of hydrogen-bond acceptors (Lipinski definition) is 2. The average molecular weight is 330 g/mol. The fourth-order valence-corrected chi connectivity index (χ4v) is 5.27. The number of fused-ring (bicyclic) bond motifs is 3. The van der Waals surface area contributed by atoms with E-state index in [0.29, 0.717) is 5.41 Å². The van der Waals surface area contributed by atoms with Gasteiger partial charge >= 0.3 is 0 Å². The molecule has 1 aromatic carbocycles. The van der Waals surface area contributed by atoms with E-state index in [1.54, 1.807) is 18.2 Å². The van der Waals surface area contributed by atoms with Crippen LogP contribution in [0, 0.1) is 11.8 Å². The van der Waals surface area contributed by atoms with Crippen molar-refractivity contribution in [1.29, 1.82) is 0 Å². The van der Waals surface area contributed by atoms with Crippen LogP contribution in [-0.4, -0.2) is 20.2 Å². The van der Waals surface area contributed by atoms with Crippen molar-refractivity contribution in [2.45, 2.75) is 70.6 Å². The highest BCUT2D eigenvalue weighted by Gasteiger charge is 2.46. The van der Waals surface area contributed by atoms with Gasteiger partial charge in [0.1, 0.15) is 5.75 Å². The lowest BCUT2D eigenvalue weighted by atomic mass is 9.54. The number of rotatable bonds is 7. The number of benzene rings is 1. The highest BCUT2D eigenvalue weighted by Crippen LogP contribution is 2.52. The Labute approximate surface area is 148 Å². The second kappa shape index (κ2) is 7.91. The maximum absolute atomic E-state index is 5.52. The summed E-state index contributed by atoms with van der Waals surface area (Å²) in [5.74, 6) is 2.64. The van der Waals surface area contributed by atoms with E-state index in [2.05, 4.69) is 37.4 Å². The molecule has 3 rings (SSSR count). The summed E-state index contributed by atoms with van der Waals surface area (Å²) in [5.41, 5.74) is 3.49. The Hall–Kier alpha value is -1.02. The summed E-state index contributed by atoms with van der Waals surface area (Å²) in [6.07, 6.45) is 10.7. The van der Waals surface area contributed by atoms with Crippen molar-refractivity contribution in [3.8, 4) is 5.75 Å². The van der Waals surface area contributed by atoms with E-state index in [1.165, 1.54) is 64.5 Å². The van der Waals surface area contributed by atoms with Gasteiger partial charge in [-0.2, -0.15) is 0 Å². The molecule has 0 aromatic heterocycles. The summed E-state index contributed by atoms with van der Waals surface area (Å²) >= 11 is 0. The van der Waals surface area contributed by atoms with Crippen molar-refractivity contribution in [3.05, 3.63) is 29.3 Å². The molecule has 0 aliphatic heterocycles. The molecule has 3 atom stereocenters. The molecule has 0 saturated heterocycles. The predicted octanol–water partition coefficient (Wildman–Crippen LogP) is 5.10. The highest BCUT2D eigenvalue weighted by atomic mass is 16.5. The first-order chi connectivity index (χ1) is 11.7. The minimum absolute atomic E-state index is 0.343.